The van der Waals surface area contributed by atoms with Gasteiger partial charge in [-0.25, -0.2) is 0 Å². The zero-order valence-electron chi connectivity index (χ0n) is 12.2. The highest BCUT2D eigenvalue weighted by Crippen LogP contribution is 2.44. The molecule has 3 rings (SSSR count). The minimum Gasteiger partial charge on any atom is -0.307 e. The summed E-state index contributed by atoms with van der Waals surface area (Å²) in [6.07, 6.45) is 5.44. The van der Waals surface area contributed by atoms with Crippen LogP contribution in [-0.4, -0.2) is 11.3 Å². The molecule has 2 heterocycles. The van der Waals surface area contributed by atoms with Crippen molar-refractivity contribution >= 4 is 23.1 Å². The van der Waals surface area contributed by atoms with Gasteiger partial charge in [0.2, 0.25) is 0 Å². The van der Waals surface area contributed by atoms with Crippen LogP contribution < -0.4 is 5.32 Å². The summed E-state index contributed by atoms with van der Waals surface area (Å²) < 4.78 is 1.55. The molecule has 1 aromatic heterocycles. The highest BCUT2D eigenvalue weighted by Gasteiger charge is 2.31. The summed E-state index contributed by atoms with van der Waals surface area (Å²) in [5.74, 6) is 1.75. The molecule has 0 saturated heterocycles. The van der Waals surface area contributed by atoms with E-state index in [2.05, 4.69) is 49.3 Å². The lowest BCUT2D eigenvalue weighted by Crippen LogP contribution is -2.42. The summed E-state index contributed by atoms with van der Waals surface area (Å²) in [5, 5.41) is 7.01. The summed E-state index contributed by atoms with van der Waals surface area (Å²) in [5.41, 5.74) is 1.57. The molecule has 1 N–H and O–H groups in total. The van der Waals surface area contributed by atoms with Gasteiger partial charge < -0.3 is 5.32 Å². The normalized spacial score (nSPS) is 39.0. The van der Waals surface area contributed by atoms with E-state index in [1.807, 2.05) is 11.3 Å². The Hall–Kier alpha value is 0.0100. The van der Waals surface area contributed by atoms with Crippen molar-refractivity contribution in [2.45, 2.75) is 68.0 Å². The maximum absolute atomic E-state index is 3.99. The number of rotatable bonds is 2. The lowest BCUT2D eigenvalue weighted by molar-refractivity contribution is 0.210. The summed E-state index contributed by atoms with van der Waals surface area (Å²) in [6.45, 7) is 7.21. The van der Waals surface area contributed by atoms with Crippen LogP contribution in [-0.2, 0) is 0 Å². The van der Waals surface area contributed by atoms with Crippen LogP contribution in [0.15, 0.2) is 15.7 Å². The Morgan fingerprint density at radius 3 is 2.79 bits per heavy atom. The maximum atomic E-state index is 3.99. The predicted molar refractivity (Wildman–Crippen MR) is 86.1 cm³/mol. The van der Waals surface area contributed by atoms with Gasteiger partial charge >= 0.3 is 0 Å². The molecule has 0 spiro atoms. The molecule has 106 valence electrons. The lowest BCUT2D eigenvalue weighted by atomic mass is 9.79. The Bertz CT molecular complexity index is 428. The molecule has 0 amide bonds. The standard InChI is InChI=1S/C16H25NS2/c1-10-4-5-14(11(2)8-10)17-15-9-12(3)19-16-13(15)6-7-18-16/h6-7,10-12,14-15,17H,4-5,8-9H2,1-3H3/t10?,11?,12-,14?,15?/m0/s1. The molecular weight excluding hydrogens is 270 g/mol. The second-order valence-electron chi connectivity index (χ2n) is 6.55. The molecule has 3 heteroatoms. The molecular formula is C16H25NS2. The molecule has 1 aromatic rings. The lowest BCUT2D eigenvalue weighted by Gasteiger charge is -2.38. The van der Waals surface area contributed by atoms with Crippen molar-refractivity contribution in [3.63, 3.8) is 0 Å². The van der Waals surface area contributed by atoms with E-state index in [1.54, 1.807) is 9.77 Å². The third-order valence-corrected chi connectivity index (χ3v) is 7.10. The highest BCUT2D eigenvalue weighted by molar-refractivity contribution is 8.01. The molecule has 19 heavy (non-hydrogen) atoms. The smallest absolute Gasteiger partial charge is 0.0649 e. The molecule has 0 radical (unpaired) electrons. The average molecular weight is 296 g/mol. The predicted octanol–water partition coefficient (Wildman–Crippen LogP) is 5.09. The van der Waals surface area contributed by atoms with Crippen molar-refractivity contribution in [3.8, 4) is 0 Å². The van der Waals surface area contributed by atoms with Crippen LogP contribution in [0, 0.1) is 11.8 Å². The molecule has 1 saturated carbocycles. The Balaban J connectivity index is 1.70. The second-order valence-corrected chi connectivity index (χ2v) is 9.17. The highest BCUT2D eigenvalue weighted by atomic mass is 32.2. The van der Waals surface area contributed by atoms with Crippen molar-refractivity contribution in [2.24, 2.45) is 11.8 Å². The number of nitrogens with one attached hydrogen (secondary N) is 1. The van der Waals surface area contributed by atoms with Gasteiger partial charge in [-0.05, 0) is 54.5 Å². The van der Waals surface area contributed by atoms with E-state index in [4.69, 9.17) is 0 Å². The van der Waals surface area contributed by atoms with Gasteiger partial charge in [0, 0.05) is 17.3 Å². The number of fused-ring (bicyclic) bond motifs is 1. The molecule has 1 nitrogen and oxygen atoms in total. The first-order valence-electron chi connectivity index (χ1n) is 7.63. The van der Waals surface area contributed by atoms with Crippen molar-refractivity contribution in [3.05, 3.63) is 17.0 Å². The molecule has 1 aliphatic heterocycles. The monoisotopic (exact) mass is 295 g/mol. The van der Waals surface area contributed by atoms with Crippen molar-refractivity contribution in [2.75, 3.05) is 0 Å². The molecule has 0 bridgehead atoms. The van der Waals surface area contributed by atoms with Gasteiger partial charge in [-0.15, -0.1) is 23.1 Å². The molecule has 4 unspecified atom stereocenters. The van der Waals surface area contributed by atoms with Crippen molar-refractivity contribution in [1.82, 2.24) is 5.32 Å². The minimum atomic E-state index is 0.596. The second kappa shape index (κ2) is 5.79. The first-order chi connectivity index (χ1) is 9.13. The summed E-state index contributed by atoms with van der Waals surface area (Å²) in [6, 6.07) is 3.66. The van der Waals surface area contributed by atoms with Crippen LogP contribution in [0.25, 0.3) is 0 Å². The molecule has 1 fully saturated rings. The fourth-order valence-electron chi connectivity index (χ4n) is 3.68. The van der Waals surface area contributed by atoms with Gasteiger partial charge in [0.15, 0.2) is 0 Å². The minimum absolute atomic E-state index is 0.596. The average Bonchev–Trinajstić information content (AvgIpc) is 2.80. The van der Waals surface area contributed by atoms with Crippen LogP contribution in [0.4, 0.5) is 0 Å². The van der Waals surface area contributed by atoms with Gasteiger partial charge in [0.25, 0.3) is 0 Å². The van der Waals surface area contributed by atoms with Gasteiger partial charge in [0.1, 0.15) is 0 Å². The van der Waals surface area contributed by atoms with Crippen LogP contribution in [0.2, 0.25) is 0 Å². The quantitative estimate of drug-likeness (QED) is 0.816. The number of hydrogen-bond acceptors (Lipinski definition) is 3. The fourth-order valence-corrected chi connectivity index (χ4v) is 6.25. The molecule has 2 aliphatic rings. The molecule has 0 aromatic carbocycles. The topological polar surface area (TPSA) is 12.0 Å². The van der Waals surface area contributed by atoms with Gasteiger partial charge in [0.05, 0.1) is 4.21 Å². The third kappa shape index (κ3) is 3.03. The first kappa shape index (κ1) is 14.0. The Morgan fingerprint density at radius 1 is 1.16 bits per heavy atom. The van der Waals surface area contributed by atoms with Gasteiger partial charge in [-0.3, -0.25) is 0 Å². The Morgan fingerprint density at radius 2 is 2.00 bits per heavy atom. The zero-order chi connectivity index (χ0) is 13.4. The van der Waals surface area contributed by atoms with Crippen molar-refractivity contribution < 1.29 is 0 Å². The van der Waals surface area contributed by atoms with Gasteiger partial charge in [-0.2, -0.15) is 0 Å². The molecule has 5 atom stereocenters. The van der Waals surface area contributed by atoms with E-state index in [1.165, 1.54) is 25.7 Å². The molecule has 1 aliphatic carbocycles. The van der Waals surface area contributed by atoms with Crippen LogP contribution in [0.3, 0.4) is 0 Å². The summed E-state index contributed by atoms with van der Waals surface area (Å²) in [7, 11) is 0. The van der Waals surface area contributed by atoms with Crippen molar-refractivity contribution in [1.29, 1.82) is 0 Å². The van der Waals surface area contributed by atoms with E-state index in [-0.39, 0.29) is 0 Å². The van der Waals surface area contributed by atoms with E-state index >= 15 is 0 Å². The maximum Gasteiger partial charge on any atom is 0.0649 e. The number of thioether (sulfide) groups is 1. The first-order valence-corrected chi connectivity index (χ1v) is 9.39. The SMILES string of the molecule is CC1CCC(NC2C[C@H](C)Sc3sccc32)C(C)C1. The summed E-state index contributed by atoms with van der Waals surface area (Å²) in [4.78, 5) is 0. The zero-order valence-corrected chi connectivity index (χ0v) is 13.8. The number of thiophene rings is 1. The van der Waals surface area contributed by atoms with E-state index in [0.717, 1.165) is 23.1 Å². The Labute approximate surface area is 125 Å². The van der Waals surface area contributed by atoms with E-state index in [0.29, 0.717) is 6.04 Å². The largest absolute Gasteiger partial charge is 0.307 e. The summed E-state index contributed by atoms with van der Waals surface area (Å²) >= 11 is 3.98. The Kier molecular flexibility index (Phi) is 4.25. The van der Waals surface area contributed by atoms with E-state index in [9.17, 15) is 0 Å². The van der Waals surface area contributed by atoms with E-state index < -0.39 is 0 Å². The van der Waals surface area contributed by atoms with Gasteiger partial charge in [-0.1, -0.05) is 20.8 Å². The fraction of sp³-hybridized carbons (Fsp3) is 0.750. The third-order valence-electron chi connectivity index (χ3n) is 4.76. The van der Waals surface area contributed by atoms with Crippen LogP contribution in [0.1, 0.15) is 58.1 Å². The van der Waals surface area contributed by atoms with Crippen LogP contribution >= 0.6 is 23.1 Å². The number of hydrogen-bond donors (Lipinski definition) is 1. The van der Waals surface area contributed by atoms with Crippen LogP contribution in [0.5, 0.6) is 0 Å².